The van der Waals surface area contributed by atoms with Crippen molar-refractivity contribution in [2.45, 2.75) is 13.0 Å². The van der Waals surface area contributed by atoms with Crippen molar-refractivity contribution in [2.24, 2.45) is 0 Å². The van der Waals surface area contributed by atoms with E-state index in [1.807, 2.05) is 30.3 Å². The summed E-state index contributed by atoms with van der Waals surface area (Å²) >= 11 is 0. The Morgan fingerprint density at radius 3 is 2.41 bits per heavy atom. The van der Waals surface area contributed by atoms with Crippen molar-refractivity contribution in [3.63, 3.8) is 0 Å². The molecule has 11 nitrogen and oxygen atoms in total. The topological polar surface area (TPSA) is 130 Å². The van der Waals surface area contributed by atoms with Gasteiger partial charge in [0.1, 0.15) is 11.5 Å². The van der Waals surface area contributed by atoms with E-state index in [0.717, 1.165) is 37.6 Å². The number of hydrogen-bond acceptors (Lipinski definition) is 8. The van der Waals surface area contributed by atoms with E-state index in [0.29, 0.717) is 17.0 Å². The van der Waals surface area contributed by atoms with E-state index in [1.54, 1.807) is 26.4 Å². The average molecular weight is 508 g/mol. The van der Waals surface area contributed by atoms with Crippen LogP contribution in [0.1, 0.15) is 17.4 Å². The highest BCUT2D eigenvalue weighted by Gasteiger charge is 2.28. The molecule has 1 saturated heterocycles. The van der Waals surface area contributed by atoms with Gasteiger partial charge < -0.3 is 24.7 Å². The standard InChI is InChI=1S/C26H29N5O6/c1-18-16-20(31(34)35)7-10-22(18)28-26(33)25(32)27-17-23(24-4-3-15-37-24)30-13-11-29(12-14-30)19-5-8-21(36-2)9-6-19/h3-10,15-16,23H,11-14,17H2,1-2H3,(H,27,32)(H,28,33). The zero-order valence-electron chi connectivity index (χ0n) is 20.7. The van der Waals surface area contributed by atoms with Gasteiger partial charge in [0, 0.05) is 56.2 Å². The van der Waals surface area contributed by atoms with Gasteiger partial charge in [-0.1, -0.05) is 0 Å². The molecule has 0 aliphatic carbocycles. The van der Waals surface area contributed by atoms with Gasteiger partial charge in [0.05, 0.1) is 24.3 Å². The molecule has 0 radical (unpaired) electrons. The lowest BCUT2D eigenvalue weighted by Gasteiger charge is -2.39. The summed E-state index contributed by atoms with van der Waals surface area (Å²) in [6, 6.07) is 15.4. The summed E-state index contributed by atoms with van der Waals surface area (Å²) in [5.41, 5.74) is 1.84. The quantitative estimate of drug-likeness (QED) is 0.270. The lowest BCUT2D eigenvalue weighted by Crippen LogP contribution is -2.50. The Balaban J connectivity index is 1.35. The first-order valence-electron chi connectivity index (χ1n) is 11.9. The molecule has 2 aromatic carbocycles. The lowest BCUT2D eigenvalue weighted by atomic mass is 10.1. The largest absolute Gasteiger partial charge is 0.497 e. The fraction of sp³-hybridized carbons (Fsp3) is 0.308. The van der Waals surface area contributed by atoms with Gasteiger partial charge in [-0.25, -0.2) is 0 Å². The monoisotopic (exact) mass is 507 g/mol. The maximum absolute atomic E-state index is 12.6. The van der Waals surface area contributed by atoms with Crippen molar-refractivity contribution in [2.75, 3.05) is 50.1 Å². The van der Waals surface area contributed by atoms with Crippen LogP contribution in [0.2, 0.25) is 0 Å². The molecule has 0 bridgehead atoms. The van der Waals surface area contributed by atoms with Gasteiger partial charge in [-0.3, -0.25) is 24.6 Å². The summed E-state index contributed by atoms with van der Waals surface area (Å²) in [7, 11) is 1.64. The highest BCUT2D eigenvalue weighted by molar-refractivity contribution is 6.39. The third kappa shape index (κ3) is 6.25. The van der Waals surface area contributed by atoms with Crippen molar-refractivity contribution >= 4 is 28.9 Å². The molecule has 3 aromatic rings. The number of piperazine rings is 1. The molecule has 37 heavy (non-hydrogen) atoms. The second-order valence-corrected chi connectivity index (χ2v) is 8.67. The normalized spacial score (nSPS) is 14.6. The molecule has 2 N–H and O–H groups in total. The number of hydrogen-bond donors (Lipinski definition) is 2. The number of carbonyl (C=O) groups excluding carboxylic acids is 2. The van der Waals surface area contributed by atoms with E-state index in [2.05, 4.69) is 20.4 Å². The van der Waals surface area contributed by atoms with E-state index in [9.17, 15) is 19.7 Å². The third-order valence-electron chi connectivity index (χ3n) is 6.40. The zero-order valence-corrected chi connectivity index (χ0v) is 20.7. The van der Waals surface area contributed by atoms with Crippen LogP contribution >= 0.6 is 0 Å². The van der Waals surface area contributed by atoms with Gasteiger partial charge in [-0.05, 0) is 55.0 Å². The molecular formula is C26H29N5O6. The van der Waals surface area contributed by atoms with Gasteiger partial charge in [0.2, 0.25) is 0 Å². The molecular weight excluding hydrogens is 478 g/mol. The first kappa shape index (κ1) is 25.7. The number of benzene rings is 2. The minimum Gasteiger partial charge on any atom is -0.497 e. The predicted molar refractivity (Wildman–Crippen MR) is 138 cm³/mol. The molecule has 0 saturated carbocycles. The van der Waals surface area contributed by atoms with Crippen LogP contribution in [-0.2, 0) is 9.59 Å². The molecule has 1 fully saturated rings. The molecule has 2 amide bonds. The van der Waals surface area contributed by atoms with Crippen LogP contribution in [0.5, 0.6) is 5.75 Å². The first-order chi connectivity index (χ1) is 17.9. The minimum absolute atomic E-state index is 0.0895. The summed E-state index contributed by atoms with van der Waals surface area (Å²) in [6.45, 7) is 4.86. The Bertz CT molecular complexity index is 1240. The van der Waals surface area contributed by atoms with Crippen LogP contribution in [0, 0.1) is 17.0 Å². The SMILES string of the molecule is COc1ccc(N2CCN(C(CNC(=O)C(=O)Nc3ccc([N+](=O)[O-])cc3C)c3ccco3)CC2)cc1. The van der Waals surface area contributed by atoms with Gasteiger partial charge >= 0.3 is 11.8 Å². The highest BCUT2D eigenvalue weighted by atomic mass is 16.6. The van der Waals surface area contributed by atoms with Gasteiger partial charge in [0.25, 0.3) is 5.69 Å². The number of aryl methyl sites for hydroxylation is 1. The molecule has 1 aliphatic rings. The van der Waals surface area contributed by atoms with E-state index < -0.39 is 16.7 Å². The third-order valence-corrected chi connectivity index (χ3v) is 6.40. The van der Waals surface area contributed by atoms with Gasteiger partial charge in [0.15, 0.2) is 0 Å². The van der Waals surface area contributed by atoms with Crippen molar-refractivity contribution in [1.82, 2.24) is 10.2 Å². The molecule has 1 aromatic heterocycles. The average Bonchev–Trinajstić information content (AvgIpc) is 3.45. The van der Waals surface area contributed by atoms with Crippen molar-refractivity contribution in [3.8, 4) is 5.75 Å². The van der Waals surface area contributed by atoms with E-state index in [1.165, 1.54) is 18.2 Å². The number of rotatable bonds is 8. The lowest BCUT2D eigenvalue weighted by molar-refractivity contribution is -0.384. The van der Waals surface area contributed by atoms with E-state index in [4.69, 9.17) is 9.15 Å². The number of non-ortho nitro benzene ring substituents is 1. The molecule has 1 unspecified atom stereocenters. The zero-order chi connectivity index (χ0) is 26.4. The maximum Gasteiger partial charge on any atom is 0.313 e. The van der Waals surface area contributed by atoms with Crippen LogP contribution in [-0.4, -0.2) is 61.5 Å². The van der Waals surface area contributed by atoms with Gasteiger partial charge in [-0.2, -0.15) is 0 Å². The Morgan fingerprint density at radius 1 is 1.08 bits per heavy atom. The summed E-state index contributed by atoms with van der Waals surface area (Å²) in [6.07, 6.45) is 1.59. The van der Waals surface area contributed by atoms with Crippen LogP contribution in [0.4, 0.5) is 17.1 Å². The summed E-state index contributed by atoms with van der Waals surface area (Å²) < 4.78 is 10.9. The summed E-state index contributed by atoms with van der Waals surface area (Å²) in [4.78, 5) is 40.0. The number of nitrogens with one attached hydrogen (secondary N) is 2. The minimum atomic E-state index is -0.848. The predicted octanol–water partition coefficient (Wildman–Crippen LogP) is 3.12. The molecule has 0 spiro atoms. The molecule has 1 atom stereocenters. The number of ether oxygens (including phenoxy) is 1. The number of anilines is 2. The number of nitrogens with zero attached hydrogens (tertiary/aromatic N) is 3. The molecule has 4 rings (SSSR count). The Morgan fingerprint density at radius 2 is 1.81 bits per heavy atom. The smallest absolute Gasteiger partial charge is 0.313 e. The van der Waals surface area contributed by atoms with Crippen LogP contribution < -0.4 is 20.3 Å². The number of nitro groups is 1. The highest BCUT2D eigenvalue weighted by Crippen LogP contribution is 2.26. The van der Waals surface area contributed by atoms with Crippen molar-refractivity contribution < 1.29 is 23.7 Å². The van der Waals surface area contributed by atoms with Crippen molar-refractivity contribution in [3.05, 3.63) is 82.3 Å². The molecule has 194 valence electrons. The second kappa shape index (κ2) is 11.6. The number of carbonyl (C=O) groups is 2. The fourth-order valence-electron chi connectivity index (χ4n) is 4.33. The number of methoxy groups -OCH3 is 1. The van der Waals surface area contributed by atoms with Crippen LogP contribution in [0.15, 0.2) is 65.3 Å². The summed E-state index contributed by atoms with van der Waals surface area (Å²) in [5, 5.41) is 16.1. The fourth-order valence-corrected chi connectivity index (χ4v) is 4.33. The van der Waals surface area contributed by atoms with E-state index >= 15 is 0 Å². The maximum atomic E-state index is 12.6. The first-order valence-corrected chi connectivity index (χ1v) is 11.9. The summed E-state index contributed by atoms with van der Waals surface area (Å²) in [5.74, 6) is -0.140. The van der Waals surface area contributed by atoms with Crippen LogP contribution in [0.3, 0.4) is 0 Å². The van der Waals surface area contributed by atoms with Crippen molar-refractivity contribution in [1.29, 1.82) is 0 Å². The Hall–Kier alpha value is -4.38. The van der Waals surface area contributed by atoms with Crippen LogP contribution in [0.25, 0.3) is 0 Å². The Labute approximate surface area is 214 Å². The molecule has 1 aliphatic heterocycles. The number of furan rings is 1. The van der Waals surface area contributed by atoms with E-state index in [-0.39, 0.29) is 18.3 Å². The molecule has 11 heteroatoms. The molecule has 2 heterocycles. The van der Waals surface area contributed by atoms with Gasteiger partial charge in [-0.15, -0.1) is 0 Å². The number of amides is 2. The Kier molecular flexibility index (Phi) is 8.04. The second-order valence-electron chi connectivity index (χ2n) is 8.67. The number of nitro benzene ring substituents is 1.